The quantitative estimate of drug-likeness (QED) is 0.802. The van der Waals surface area contributed by atoms with E-state index in [1.807, 2.05) is 13.8 Å². The Morgan fingerprint density at radius 1 is 1.27 bits per heavy atom. The summed E-state index contributed by atoms with van der Waals surface area (Å²) in [5.74, 6) is 0. The van der Waals surface area contributed by atoms with E-state index in [1.165, 1.54) is 15.8 Å². The van der Waals surface area contributed by atoms with Crippen LogP contribution in [0.1, 0.15) is 30.0 Å². The fourth-order valence-electron chi connectivity index (χ4n) is 1.65. The normalized spacial score (nSPS) is 12.3. The van der Waals surface area contributed by atoms with Gasteiger partial charge in [0, 0.05) is 0 Å². The highest BCUT2D eigenvalue weighted by Gasteiger charge is 2.19. The van der Waals surface area contributed by atoms with E-state index in [2.05, 4.69) is 31.0 Å². The highest BCUT2D eigenvalue weighted by Crippen LogP contribution is 2.31. The maximum atomic E-state index is 6.06. The molecule has 1 heterocycles. The van der Waals surface area contributed by atoms with E-state index in [1.54, 1.807) is 11.3 Å². The van der Waals surface area contributed by atoms with Gasteiger partial charge in [0.05, 0.1) is 15.8 Å². The van der Waals surface area contributed by atoms with Gasteiger partial charge < -0.3 is 5.73 Å². The molecule has 0 saturated carbocycles. The predicted octanol–water partition coefficient (Wildman–Crippen LogP) is 3.11. The Kier molecular flexibility index (Phi) is 2.32. The molecule has 0 amide bonds. The van der Waals surface area contributed by atoms with Crippen molar-refractivity contribution in [3.8, 4) is 0 Å². The summed E-state index contributed by atoms with van der Waals surface area (Å²) >= 11 is 1.70. The first-order valence-electron chi connectivity index (χ1n) is 5.05. The molecule has 0 fully saturated rings. The second-order valence-corrected chi connectivity index (χ2v) is 5.67. The van der Waals surface area contributed by atoms with E-state index in [0.29, 0.717) is 0 Å². The number of rotatable bonds is 1. The number of fused-ring (bicyclic) bond motifs is 1. The van der Waals surface area contributed by atoms with E-state index in [0.717, 1.165) is 10.5 Å². The molecule has 0 spiro atoms. The number of nitrogens with zero attached hydrogens (tertiary/aromatic N) is 1. The molecule has 80 valence electrons. The molecule has 0 atom stereocenters. The molecule has 2 nitrogen and oxygen atoms in total. The van der Waals surface area contributed by atoms with E-state index in [-0.39, 0.29) is 5.54 Å². The van der Waals surface area contributed by atoms with Crippen molar-refractivity contribution in [1.29, 1.82) is 0 Å². The lowest BCUT2D eigenvalue weighted by atomic mass is 10.1. The standard InChI is InChI=1S/C12H16N2S/c1-7-5-8(2)10-9(6-7)14-11(15-10)12(3,4)13/h5-6H,13H2,1-4H3. The molecule has 0 aliphatic carbocycles. The summed E-state index contributed by atoms with van der Waals surface area (Å²) in [5.41, 5.74) is 9.33. The van der Waals surface area contributed by atoms with Crippen LogP contribution >= 0.6 is 11.3 Å². The maximum absolute atomic E-state index is 6.06. The van der Waals surface area contributed by atoms with Gasteiger partial charge in [-0.05, 0) is 44.9 Å². The van der Waals surface area contributed by atoms with Crippen molar-refractivity contribution < 1.29 is 0 Å². The minimum atomic E-state index is -0.343. The summed E-state index contributed by atoms with van der Waals surface area (Å²) in [6, 6.07) is 4.31. The molecule has 15 heavy (non-hydrogen) atoms. The van der Waals surface area contributed by atoms with Crippen LogP contribution in [-0.2, 0) is 5.54 Å². The third-order valence-corrected chi connectivity index (χ3v) is 3.92. The zero-order chi connectivity index (χ0) is 11.2. The average molecular weight is 220 g/mol. The van der Waals surface area contributed by atoms with Gasteiger partial charge in [-0.25, -0.2) is 4.98 Å². The average Bonchev–Trinajstić information content (AvgIpc) is 2.46. The molecule has 0 unspecified atom stereocenters. The van der Waals surface area contributed by atoms with Crippen LogP contribution < -0.4 is 5.73 Å². The van der Waals surface area contributed by atoms with Crippen LogP contribution in [0.5, 0.6) is 0 Å². The number of thiazole rings is 1. The van der Waals surface area contributed by atoms with Gasteiger partial charge in [-0.15, -0.1) is 11.3 Å². The van der Waals surface area contributed by atoms with Crippen LogP contribution in [0, 0.1) is 13.8 Å². The molecule has 0 bridgehead atoms. The van der Waals surface area contributed by atoms with Gasteiger partial charge in [-0.3, -0.25) is 0 Å². The number of aromatic nitrogens is 1. The Labute approximate surface area is 94.1 Å². The van der Waals surface area contributed by atoms with Crippen molar-refractivity contribution in [3.63, 3.8) is 0 Å². The summed E-state index contributed by atoms with van der Waals surface area (Å²) in [6.45, 7) is 8.21. The Bertz CT molecular complexity index is 506. The topological polar surface area (TPSA) is 38.9 Å². The van der Waals surface area contributed by atoms with E-state index in [9.17, 15) is 0 Å². The van der Waals surface area contributed by atoms with Crippen molar-refractivity contribution >= 4 is 21.6 Å². The third-order valence-electron chi connectivity index (χ3n) is 2.37. The van der Waals surface area contributed by atoms with Gasteiger partial charge in [0.2, 0.25) is 0 Å². The SMILES string of the molecule is Cc1cc(C)c2sc(C(C)(C)N)nc2c1. The summed E-state index contributed by atoms with van der Waals surface area (Å²) in [6.07, 6.45) is 0. The fraction of sp³-hybridized carbons (Fsp3) is 0.417. The van der Waals surface area contributed by atoms with Crippen molar-refractivity contribution in [3.05, 3.63) is 28.3 Å². The highest BCUT2D eigenvalue weighted by molar-refractivity contribution is 7.18. The molecule has 0 radical (unpaired) electrons. The van der Waals surface area contributed by atoms with Gasteiger partial charge in [0.1, 0.15) is 5.01 Å². The first kappa shape index (κ1) is 10.6. The molecule has 2 N–H and O–H groups in total. The second-order valence-electron chi connectivity index (χ2n) is 4.67. The van der Waals surface area contributed by atoms with Crippen molar-refractivity contribution in [2.45, 2.75) is 33.2 Å². The number of hydrogen-bond acceptors (Lipinski definition) is 3. The summed E-state index contributed by atoms with van der Waals surface area (Å²) in [4.78, 5) is 4.60. The second kappa shape index (κ2) is 3.29. The van der Waals surface area contributed by atoms with E-state index >= 15 is 0 Å². The number of nitrogens with two attached hydrogens (primary N) is 1. The van der Waals surface area contributed by atoms with Gasteiger partial charge in [-0.2, -0.15) is 0 Å². The molecule has 0 aliphatic rings. The van der Waals surface area contributed by atoms with Crippen LogP contribution in [0.3, 0.4) is 0 Å². The monoisotopic (exact) mass is 220 g/mol. The first-order valence-corrected chi connectivity index (χ1v) is 5.87. The van der Waals surface area contributed by atoms with Crippen LogP contribution in [0.2, 0.25) is 0 Å². The van der Waals surface area contributed by atoms with Crippen molar-refractivity contribution in [2.75, 3.05) is 0 Å². The van der Waals surface area contributed by atoms with Gasteiger partial charge >= 0.3 is 0 Å². The molecule has 1 aromatic carbocycles. The van der Waals surface area contributed by atoms with E-state index in [4.69, 9.17) is 5.73 Å². The smallest absolute Gasteiger partial charge is 0.113 e. The summed E-state index contributed by atoms with van der Waals surface area (Å²) in [7, 11) is 0. The lowest BCUT2D eigenvalue weighted by molar-refractivity contribution is 0.551. The van der Waals surface area contributed by atoms with Crippen LogP contribution in [-0.4, -0.2) is 4.98 Å². The molecule has 0 saturated heterocycles. The van der Waals surface area contributed by atoms with Gasteiger partial charge in [0.15, 0.2) is 0 Å². The highest BCUT2D eigenvalue weighted by atomic mass is 32.1. The maximum Gasteiger partial charge on any atom is 0.113 e. The minimum absolute atomic E-state index is 0.343. The molecule has 0 aliphatic heterocycles. The molecule has 2 aromatic rings. The Morgan fingerprint density at radius 2 is 1.93 bits per heavy atom. The molecule has 3 heteroatoms. The fourth-order valence-corrected chi connectivity index (χ4v) is 2.68. The van der Waals surface area contributed by atoms with Crippen LogP contribution in [0.15, 0.2) is 12.1 Å². The lowest BCUT2D eigenvalue weighted by Gasteiger charge is -2.13. The third kappa shape index (κ3) is 1.90. The molecular weight excluding hydrogens is 204 g/mol. The van der Waals surface area contributed by atoms with Crippen LogP contribution in [0.4, 0.5) is 0 Å². The Morgan fingerprint density at radius 3 is 2.53 bits per heavy atom. The minimum Gasteiger partial charge on any atom is -0.320 e. The Balaban J connectivity index is 2.71. The number of benzene rings is 1. The largest absolute Gasteiger partial charge is 0.320 e. The molecule has 1 aromatic heterocycles. The van der Waals surface area contributed by atoms with Gasteiger partial charge in [0.25, 0.3) is 0 Å². The summed E-state index contributed by atoms with van der Waals surface area (Å²) in [5, 5.41) is 1.01. The zero-order valence-corrected chi connectivity index (χ0v) is 10.4. The lowest BCUT2D eigenvalue weighted by Crippen LogP contribution is -2.28. The summed E-state index contributed by atoms with van der Waals surface area (Å²) < 4.78 is 1.26. The molecule has 2 rings (SSSR count). The van der Waals surface area contributed by atoms with Crippen molar-refractivity contribution in [1.82, 2.24) is 4.98 Å². The predicted molar refractivity (Wildman–Crippen MR) is 66.3 cm³/mol. The van der Waals surface area contributed by atoms with Crippen LogP contribution in [0.25, 0.3) is 10.2 Å². The van der Waals surface area contributed by atoms with Crippen molar-refractivity contribution in [2.24, 2.45) is 5.73 Å². The first-order chi connectivity index (χ1) is 6.88. The Hall–Kier alpha value is -0.930. The zero-order valence-electron chi connectivity index (χ0n) is 9.59. The number of hydrogen-bond donors (Lipinski definition) is 1. The van der Waals surface area contributed by atoms with Gasteiger partial charge in [-0.1, -0.05) is 6.07 Å². The van der Waals surface area contributed by atoms with E-state index < -0.39 is 0 Å². The number of aryl methyl sites for hydroxylation is 2. The molecular formula is C12H16N2S.